The molecule has 93 heavy (non-hydrogen) atoms. The lowest BCUT2D eigenvalue weighted by atomic mass is 9.39. The van der Waals surface area contributed by atoms with Crippen LogP contribution in [0.15, 0.2) is 103 Å². The number of nitrogens with zero attached hydrogens (tertiary/aromatic N) is 7. The van der Waals surface area contributed by atoms with E-state index in [-0.39, 0.29) is 83.1 Å². The highest BCUT2D eigenvalue weighted by atomic mass is 32.1. The molecular weight excluding hydrogens is 1200 g/mol. The minimum absolute atomic E-state index is 0.0424. The third-order valence-corrected chi connectivity index (χ3v) is 19.5. The number of aromatic carboxylic acids is 1. The minimum Gasteiger partial charge on any atom is -0.476 e. The summed E-state index contributed by atoms with van der Waals surface area (Å²) in [7, 11) is 1.65. The molecule has 12 rings (SSSR count). The number of likely N-dealkylation sites (N-methyl/N-ethyl adjacent to an activating group) is 1. The van der Waals surface area contributed by atoms with Gasteiger partial charge in [-0.15, -0.1) is 0 Å². The molecule has 4 saturated carbocycles. The Bertz CT molecular complexity index is 3790. The fourth-order valence-electron chi connectivity index (χ4n) is 15.5. The van der Waals surface area contributed by atoms with Crippen molar-refractivity contribution in [2.75, 3.05) is 88.4 Å². The molecule has 2 aliphatic heterocycles. The SMILES string of the molecule is Cc1c(-c2ccc(N3CCc4cccc(C(=O)Nc5nc6ccccc6s5)c4C3)nc2C(=O)O)cnn1CC12CC3(C)CC(C)(C1)CC(OCCOCCOCCN(C)C(=O)OC/C=C/c1cccc(NC(=O)CCNC(=O)CCCCCN4C(=O)C=CC4=O)c1)(C3)C2. The number of hydrogen-bond acceptors (Lipinski definition) is 16. The number of benzene rings is 3. The second-order valence-corrected chi connectivity index (χ2v) is 27.3. The molecule has 3 aromatic carbocycles. The van der Waals surface area contributed by atoms with Crippen molar-refractivity contribution in [3.8, 4) is 11.1 Å². The van der Waals surface area contributed by atoms with Gasteiger partial charge in [0.05, 0.1) is 55.0 Å². The van der Waals surface area contributed by atoms with E-state index >= 15 is 0 Å². The fraction of sp³-hybridized carbons (Fsp3) is 0.457. The predicted molar refractivity (Wildman–Crippen MR) is 353 cm³/mol. The van der Waals surface area contributed by atoms with Crippen LogP contribution < -0.4 is 20.9 Å². The number of fused-ring (bicyclic) bond motifs is 2. The Balaban J connectivity index is 0.585. The number of nitrogens with one attached hydrogen (secondary N) is 3. The quantitative estimate of drug-likeness (QED) is 0.0241. The lowest BCUT2D eigenvalue weighted by molar-refractivity contribution is -0.250. The number of rotatable bonds is 30. The Morgan fingerprint density at radius 2 is 1.55 bits per heavy atom. The first-order chi connectivity index (χ1) is 44.8. The predicted octanol–water partition coefficient (Wildman–Crippen LogP) is 10.3. The first kappa shape index (κ1) is 65.8. The number of ether oxygens (including phenoxy) is 4. The van der Waals surface area contributed by atoms with Crippen LogP contribution in [0.25, 0.3) is 27.4 Å². The summed E-state index contributed by atoms with van der Waals surface area (Å²) in [6, 6.07) is 24.5. The molecule has 4 fully saturated rings. The van der Waals surface area contributed by atoms with Gasteiger partial charge in [-0.2, -0.15) is 5.10 Å². The maximum absolute atomic E-state index is 13.8. The molecule has 6 aromatic rings. The van der Waals surface area contributed by atoms with E-state index in [0.717, 1.165) is 76.7 Å². The van der Waals surface area contributed by atoms with Crippen LogP contribution >= 0.6 is 11.3 Å². The summed E-state index contributed by atoms with van der Waals surface area (Å²) < 4.78 is 27.2. The normalized spacial score (nSPS) is 21.2. The molecule has 4 aliphatic carbocycles. The Labute approximate surface area is 545 Å². The maximum Gasteiger partial charge on any atom is 0.409 e. The molecule has 6 aliphatic rings. The number of anilines is 3. The summed E-state index contributed by atoms with van der Waals surface area (Å²) in [5, 5.41) is 24.8. The number of carbonyl (C=O) groups excluding carboxylic acids is 6. The van der Waals surface area contributed by atoms with Gasteiger partial charge in [-0.1, -0.05) is 74.1 Å². The first-order valence-electron chi connectivity index (χ1n) is 32.1. The van der Waals surface area contributed by atoms with E-state index in [1.807, 2.05) is 72.5 Å². The number of aromatic nitrogens is 4. The molecule has 0 spiro atoms. The van der Waals surface area contributed by atoms with Gasteiger partial charge in [0.1, 0.15) is 12.4 Å². The number of thiazole rings is 1. The van der Waals surface area contributed by atoms with Gasteiger partial charge in [0.25, 0.3) is 17.7 Å². The van der Waals surface area contributed by atoms with Crippen LogP contribution in [0.2, 0.25) is 0 Å². The number of carboxylic acid groups (broad SMARTS) is 1. The van der Waals surface area contributed by atoms with Gasteiger partial charge in [0.15, 0.2) is 10.8 Å². The Morgan fingerprint density at radius 3 is 2.33 bits per heavy atom. The number of para-hydroxylation sites is 1. The van der Waals surface area contributed by atoms with E-state index in [0.29, 0.717) is 119 Å². The molecule has 0 saturated heterocycles. The Kier molecular flexibility index (Phi) is 20.3. The number of pyridine rings is 1. The van der Waals surface area contributed by atoms with Crippen molar-refractivity contribution in [3.63, 3.8) is 0 Å². The summed E-state index contributed by atoms with van der Waals surface area (Å²) in [4.78, 5) is 102. The van der Waals surface area contributed by atoms with E-state index < -0.39 is 12.1 Å². The molecule has 0 radical (unpaired) electrons. The lowest BCUT2D eigenvalue weighted by Crippen LogP contribution is -2.64. The van der Waals surface area contributed by atoms with Crippen LogP contribution in [0, 0.1) is 23.2 Å². The van der Waals surface area contributed by atoms with E-state index in [4.69, 9.17) is 29.0 Å². The molecule has 2 unspecified atom stereocenters. The van der Waals surface area contributed by atoms with Crippen LogP contribution in [0.1, 0.15) is 128 Å². The molecule has 3 aromatic heterocycles. The average Bonchev–Trinajstić information content (AvgIpc) is 1.36. The summed E-state index contributed by atoms with van der Waals surface area (Å²) in [6.07, 6.45) is 16.4. The third-order valence-electron chi connectivity index (χ3n) is 18.5. The van der Waals surface area contributed by atoms with E-state index in [1.54, 1.807) is 43.6 Å². The molecule has 490 valence electrons. The van der Waals surface area contributed by atoms with E-state index in [9.17, 15) is 38.7 Å². The lowest BCUT2D eigenvalue weighted by Gasteiger charge is -2.69. The molecule has 4 bridgehead atoms. The topological polar surface area (TPSA) is 266 Å². The van der Waals surface area contributed by atoms with Crippen molar-refractivity contribution in [1.29, 1.82) is 0 Å². The second-order valence-electron chi connectivity index (χ2n) is 26.3. The fourth-order valence-corrected chi connectivity index (χ4v) is 16.4. The van der Waals surface area contributed by atoms with Crippen molar-refractivity contribution >= 4 is 85.9 Å². The van der Waals surface area contributed by atoms with Crippen molar-refractivity contribution in [1.82, 2.24) is 34.9 Å². The number of carboxylic acids is 1. The summed E-state index contributed by atoms with van der Waals surface area (Å²) in [6.45, 7) is 11.3. The summed E-state index contributed by atoms with van der Waals surface area (Å²) >= 11 is 1.43. The molecule has 23 heteroatoms. The van der Waals surface area contributed by atoms with Crippen molar-refractivity contribution < 1.29 is 57.6 Å². The minimum atomic E-state index is -1.13. The van der Waals surface area contributed by atoms with Crippen molar-refractivity contribution in [2.24, 2.45) is 16.2 Å². The Hall–Kier alpha value is -8.64. The zero-order chi connectivity index (χ0) is 65.3. The van der Waals surface area contributed by atoms with Crippen molar-refractivity contribution in [2.45, 2.75) is 117 Å². The zero-order valence-corrected chi connectivity index (χ0v) is 54.2. The highest BCUT2D eigenvalue weighted by Crippen LogP contribution is 2.72. The number of hydrogen-bond donors (Lipinski definition) is 4. The van der Waals surface area contributed by atoms with Gasteiger partial charge < -0.3 is 44.5 Å². The van der Waals surface area contributed by atoms with Crippen LogP contribution in [-0.2, 0) is 57.6 Å². The molecule has 5 heterocycles. The van der Waals surface area contributed by atoms with Gasteiger partial charge >= 0.3 is 12.1 Å². The van der Waals surface area contributed by atoms with Crippen LogP contribution in [0.4, 0.5) is 21.4 Å². The largest absolute Gasteiger partial charge is 0.476 e. The smallest absolute Gasteiger partial charge is 0.409 e. The van der Waals surface area contributed by atoms with Gasteiger partial charge in [0, 0.05) is 99.4 Å². The highest BCUT2D eigenvalue weighted by molar-refractivity contribution is 7.22. The zero-order valence-electron chi connectivity index (χ0n) is 53.3. The van der Waals surface area contributed by atoms with Gasteiger partial charge in [-0.05, 0) is 146 Å². The monoisotopic (exact) mass is 1290 g/mol. The van der Waals surface area contributed by atoms with Gasteiger partial charge in [0.2, 0.25) is 11.8 Å². The van der Waals surface area contributed by atoms with E-state index in [2.05, 4.69) is 39.5 Å². The number of amides is 6. The first-order valence-corrected chi connectivity index (χ1v) is 32.9. The maximum atomic E-state index is 13.8. The van der Waals surface area contributed by atoms with Crippen molar-refractivity contribution in [3.05, 3.63) is 137 Å². The average molecular weight is 1290 g/mol. The standard InChI is InChI=1S/C70H82N10O12S/c1-47-53(51-21-22-57(75-62(51)64(86)87)78-29-26-49-15-11-17-52(54(49)39-78)63(85)76-65-74-55-18-7-8-19-56(55)93-65)38-72-80(47)46-69-41-67(2)40-68(3,42-69)44-70(43-67,45-69)92-36-35-90-34-33-89-32-30-77(4)66(88)91-31-12-14-48-13-10-16-50(37-48)73-59(82)25-27-71-58(81)20-6-5-9-28-79-60(83)23-24-61(79)84/h7-8,10-19,21-24,37-38H,5-6,9,20,25-36,39-46H2,1-4H3,(H,71,81)(H,73,82)(H,86,87)(H,74,76,85)/b14-12+. The summed E-state index contributed by atoms with van der Waals surface area (Å²) in [5.41, 5.74) is 6.60. The summed E-state index contributed by atoms with van der Waals surface area (Å²) in [5.74, 6) is -1.89. The molecule has 4 N–H and O–H groups in total. The van der Waals surface area contributed by atoms with Crippen LogP contribution in [0.5, 0.6) is 0 Å². The number of carbonyl (C=O) groups is 7. The van der Waals surface area contributed by atoms with Gasteiger partial charge in [-0.3, -0.25) is 38.9 Å². The van der Waals surface area contributed by atoms with E-state index in [1.165, 1.54) is 33.3 Å². The molecule has 6 amide bonds. The van der Waals surface area contributed by atoms with Crippen LogP contribution in [-0.4, -0.2) is 155 Å². The Morgan fingerprint density at radius 1 is 0.785 bits per heavy atom. The van der Waals surface area contributed by atoms with Gasteiger partial charge in [-0.25, -0.2) is 19.6 Å². The number of unbranched alkanes of at least 4 members (excludes halogenated alkanes) is 2. The molecule has 22 nitrogen and oxygen atoms in total. The molecule has 2 atom stereocenters. The van der Waals surface area contributed by atoms with Crippen LogP contribution in [0.3, 0.4) is 0 Å². The molecular formula is C70H82N10O12S. The highest BCUT2D eigenvalue weighted by Gasteiger charge is 2.66. The third kappa shape index (κ3) is 16.1. The second kappa shape index (κ2) is 28.7. The number of imide groups is 1.